The predicted octanol–water partition coefficient (Wildman–Crippen LogP) is 3.11. The van der Waals surface area contributed by atoms with E-state index in [1.54, 1.807) is 16.8 Å². The molecular weight excluding hydrogens is 295 g/mol. The summed E-state index contributed by atoms with van der Waals surface area (Å²) >= 11 is 0. The smallest absolute Gasteiger partial charge is 0.361 e. The van der Waals surface area contributed by atoms with E-state index in [-0.39, 0.29) is 19.3 Å². The monoisotopic (exact) mass is 311 g/mol. The molecule has 2 aliphatic rings. The van der Waals surface area contributed by atoms with Crippen molar-refractivity contribution in [3.63, 3.8) is 0 Å². The van der Waals surface area contributed by atoms with Gasteiger partial charge in [-0.3, -0.25) is 4.40 Å². The van der Waals surface area contributed by atoms with E-state index in [9.17, 15) is 13.2 Å². The van der Waals surface area contributed by atoms with Gasteiger partial charge in [-0.2, -0.15) is 13.2 Å². The van der Waals surface area contributed by atoms with Crippen LogP contribution in [0.5, 0.6) is 0 Å². The van der Waals surface area contributed by atoms with Gasteiger partial charge in [-0.25, -0.2) is 4.98 Å². The summed E-state index contributed by atoms with van der Waals surface area (Å²) in [6, 6.07) is 0. The third-order valence-corrected chi connectivity index (χ3v) is 5.32. The molecule has 0 radical (unpaired) electrons. The molecule has 2 bridgehead atoms. The summed E-state index contributed by atoms with van der Waals surface area (Å²) < 4.78 is 41.8. The summed E-state index contributed by atoms with van der Waals surface area (Å²) in [7, 11) is 0. The standard InChI is InChI=1S/C14H16F3N5/c1-9-20-21-11-10(18-6-7-22(9)11)19-13-4-2-12(8-13,3-5-13)14(15,16)17/h6-7H,2-5,8H2,1H3,(H,18,19). The highest BCUT2D eigenvalue weighted by atomic mass is 19.4. The number of hydrogen-bond acceptors (Lipinski definition) is 4. The summed E-state index contributed by atoms with van der Waals surface area (Å²) in [5.74, 6) is 1.24. The van der Waals surface area contributed by atoms with E-state index in [4.69, 9.17) is 0 Å². The zero-order valence-corrected chi connectivity index (χ0v) is 12.1. The number of alkyl halides is 3. The van der Waals surface area contributed by atoms with Gasteiger partial charge in [0.25, 0.3) is 0 Å². The minimum Gasteiger partial charge on any atom is -0.361 e. The molecule has 0 saturated heterocycles. The summed E-state index contributed by atoms with van der Waals surface area (Å²) in [6.07, 6.45) is 0.776. The lowest BCUT2D eigenvalue weighted by molar-refractivity contribution is -0.220. The fourth-order valence-electron chi connectivity index (χ4n) is 4.04. The second-order valence-corrected chi connectivity index (χ2v) is 6.58. The second-order valence-electron chi connectivity index (χ2n) is 6.58. The first kappa shape index (κ1) is 13.8. The lowest BCUT2D eigenvalue weighted by Gasteiger charge is -2.29. The molecule has 4 rings (SSSR count). The third-order valence-electron chi connectivity index (χ3n) is 5.32. The molecule has 118 valence electrons. The third kappa shape index (κ3) is 1.75. The lowest BCUT2D eigenvalue weighted by atomic mass is 9.83. The number of fused-ring (bicyclic) bond motifs is 3. The molecule has 0 aliphatic heterocycles. The van der Waals surface area contributed by atoms with Gasteiger partial charge < -0.3 is 5.32 Å². The van der Waals surface area contributed by atoms with Gasteiger partial charge in [-0.05, 0) is 39.0 Å². The first-order valence-corrected chi connectivity index (χ1v) is 7.36. The van der Waals surface area contributed by atoms with E-state index in [1.807, 2.05) is 6.92 Å². The molecule has 2 saturated carbocycles. The number of halogens is 3. The van der Waals surface area contributed by atoms with Crippen molar-refractivity contribution in [2.45, 2.75) is 50.7 Å². The van der Waals surface area contributed by atoms with Gasteiger partial charge in [0.15, 0.2) is 5.82 Å². The van der Waals surface area contributed by atoms with Gasteiger partial charge in [-0.15, -0.1) is 10.2 Å². The highest BCUT2D eigenvalue weighted by Crippen LogP contribution is 2.64. The molecule has 2 aromatic rings. The fraction of sp³-hybridized carbons (Fsp3) is 0.643. The molecule has 2 fully saturated rings. The van der Waals surface area contributed by atoms with Gasteiger partial charge in [0, 0.05) is 17.9 Å². The minimum absolute atomic E-state index is 0.124. The zero-order valence-electron chi connectivity index (χ0n) is 12.1. The van der Waals surface area contributed by atoms with E-state index in [1.165, 1.54) is 0 Å². The topological polar surface area (TPSA) is 55.1 Å². The van der Waals surface area contributed by atoms with Crippen molar-refractivity contribution in [3.8, 4) is 0 Å². The number of aromatic nitrogens is 4. The van der Waals surface area contributed by atoms with Gasteiger partial charge in [-0.1, -0.05) is 0 Å². The van der Waals surface area contributed by atoms with Crippen LogP contribution in [0.2, 0.25) is 0 Å². The Hall–Kier alpha value is -1.86. The van der Waals surface area contributed by atoms with Crippen molar-refractivity contribution in [2.24, 2.45) is 5.41 Å². The quantitative estimate of drug-likeness (QED) is 0.926. The number of anilines is 1. The van der Waals surface area contributed by atoms with E-state index < -0.39 is 17.1 Å². The van der Waals surface area contributed by atoms with Crippen LogP contribution in [0.15, 0.2) is 12.4 Å². The largest absolute Gasteiger partial charge is 0.394 e. The fourth-order valence-corrected chi connectivity index (χ4v) is 4.04. The van der Waals surface area contributed by atoms with Crippen molar-refractivity contribution in [1.29, 1.82) is 0 Å². The number of aryl methyl sites for hydroxylation is 1. The van der Waals surface area contributed by atoms with E-state index in [0.29, 0.717) is 24.3 Å². The Morgan fingerprint density at radius 2 is 1.91 bits per heavy atom. The number of nitrogens with zero attached hydrogens (tertiary/aromatic N) is 4. The number of rotatable bonds is 2. The van der Waals surface area contributed by atoms with Crippen molar-refractivity contribution in [2.75, 3.05) is 5.32 Å². The Morgan fingerprint density at radius 3 is 2.55 bits per heavy atom. The Kier molecular flexibility index (Phi) is 2.57. The highest BCUT2D eigenvalue weighted by Gasteiger charge is 2.66. The zero-order chi connectivity index (χ0) is 15.6. The summed E-state index contributed by atoms with van der Waals surface area (Å²) in [5.41, 5.74) is -1.48. The van der Waals surface area contributed by atoms with E-state index >= 15 is 0 Å². The van der Waals surface area contributed by atoms with Crippen LogP contribution in [0.1, 0.15) is 37.9 Å². The maximum atomic E-state index is 13.3. The van der Waals surface area contributed by atoms with Crippen LogP contribution in [-0.4, -0.2) is 31.3 Å². The Balaban J connectivity index is 1.67. The Morgan fingerprint density at radius 1 is 1.18 bits per heavy atom. The Labute approximate surface area is 124 Å². The average Bonchev–Trinajstić information content (AvgIpc) is 3.12. The van der Waals surface area contributed by atoms with Crippen LogP contribution >= 0.6 is 0 Å². The molecule has 1 N–H and O–H groups in total. The highest BCUT2D eigenvalue weighted by molar-refractivity contribution is 5.63. The van der Waals surface area contributed by atoms with Crippen molar-refractivity contribution in [3.05, 3.63) is 18.2 Å². The maximum absolute atomic E-state index is 13.3. The molecule has 0 amide bonds. The summed E-state index contributed by atoms with van der Waals surface area (Å²) in [6.45, 7) is 1.82. The number of nitrogens with one attached hydrogen (secondary N) is 1. The normalized spacial score (nSPS) is 31.1. The van der Waals surface area contributed by atoms with Crippen LogP contribution in [0, 0.1) is 12.3 Å². The molecule has 2 aliphatic carbocycles. The van der Waals surface area contributed by atoms with Crippen molar-refractivity contribution >= 4 is 11.5 Å². The van der Waals surface area contributed by atoms with Gasteiger partial charge in [0.2, 0.25) is 5.65 Å². The van der Waals surface area contributed by atoms with Crippen LogP contribution in [0.4, 0.5) is 19.0 Å². The lowest BCUT2D eigenvalue weighted by Crippen LogP contribution is -2.34. The molecule has 5 nitrogen and oxygen atoms in total. The van der Waals surface area contributed by atoms with Gasteiger partial charge in [0.05, 0.1) is 5.41 Å². The van der Waals surface area contributed by atoms with Crippen LogP contribution < -0.4 is 5.32 Å². The second kappa shape index (κ2) is 4.11. The average molecular weight is 311 g/mol. The van der Waals surface area contributed by atoms with Crippen LogP contribution in [0.25, 0.3) is 5.65 Å². The molecule has 0 atom stereocenters. The molecule has 22 heavy (non-hydrogen) atoms. The predicted molar refractivity (Wildman–Crippen MR) is 73.4 cm³/mol. The van der Waals surface area contributed by atoms with Crippen molar-refractivity contribution < 1.29 is 13.2 Å². The molecule has 0 unspecified atom stereocenters. The van der Waals surface area contributed by atoms with Crippen LogP contribution in [-0.2, 0) is 0 Å². The molecule has 0 aromatic carbocycles. The first-order valence-electron chi connectivity index (χ1n) is 7.36. The minimum atomic E-state index is -4.13. The Bertz CT molecular complexity index is 728. The van der Waals surface area contributed by atoms with Crippen molar-refractivity contribution in [1.82, 2.24) is 19.6 Å². The van der Waals surface area contributed by atoms with E-state index in [2.05, 4.69) is 20.5 Å². The SMILES string of the molecule is Cc1nnc2c(NC34CCC(C(F)(F)F)(CC3)C4)nccn12. The van der Waals surface area contributed by atoms with Gasteiger partial charge in [0.1, 0.15) is 5.82 Å². The summed E-state index contributed by atoms with van der Waals surface area (Å²) in [4.78, 5) is 4.26. The maximum Gasteiger partial charge on any atom is 0.394 e. The van der Waals surface area contributed by atoms with Gasteiger partial charge >= 0.3 is 6.18 Å². The summed E-state index contributed by atoms with van der Waals surface area (Å²) in [5, 5.41) is 11.3. The molecule has 2 aromatic heterocycles. The molecular formula is C14H16F3N5. The molecule has 2 heterocycles. The molecule has 8 heteroatoms. The van der Waals surface area contributed by atoms with E-state index in [0.717, 1.165) is 5.82 Å². The van der Waals surface area contributed by atoms with Crippen LogP contribution in [0.3, 0.4) is 0 Å². The number of hydrogen-bond donors (Lipinski definition) is 1. The first-order chi connectivity index (χ1) is 10.3. The molecule has 0 spiro atoms.